The van der Waals surface area contributed by atoms with E-state index in [0.717, 1.165) is 38.4 Å². The Hall–Kier alpha value is -2.44. The largest absolute Gasteiger partial charge is 0.494 e. The Morgan fingerprint density at radius 1 is 1.27 bits per heavy atom. The highest BCUT2D eigenvalue weighted by Crippen LogP contribution is 2.52. The van der Waals surface area contributed by atoms with Crippen molar-refractivity contribution in [2.45, 2.75) is 23.6 Å². The molecule has 5 nitrogen and oxygen atoms in total. The van der Waals surface area contributed by atoms with Crippen molar-refractivity contribution >= 4 is 28.6 Å². The fourth-order valence-electron chi connectivity index (χ4n) is 3.63. The third-order valence-electron chi connectivity index (χ3n) is 4.58. The SMILES string of the molecule is CCOc1ccc2c(c1)c1c(n2CCO)-c2ccccc2SC1C(=O)O. The van der Waals surface area contributed by atoms with E-state index in [0.29, 0.717) is 13.2 Å². The summed E-state index contributed by atoms with van der Waals surface area (Å²) < 4.78 is 7.65. The molecular weight excluding hydrogens is 350 g/mol. The minimum absolute atomic E-state index is 0.0174. The molecule has 0 radical (unpaired) electrons. The lowest BCUT2D eigenvalue weighted by atomic mass is 10.0. The molecule has 1 aliphatic heterocycles. The van der Waals surface area contributed by atoms with Crippen LogP contribution < -0.4 is 4.74 Å². The van der Waals surface area contributed by atoms with Gasteiger partial charge in [-0.05, 0) is 31.2 Å². The second-order valence-electron chi connectivity index (χ2n) is 6.08. The summed E-state index contributed by atoms with van der Waals surface area (Å²) in [6.07, 6.45) is 0. The van der Waals surface area contributed by atoms with E-state index in [1.54, 1.807) is 0 Å². The lowest BCUT2D eigenvalue weighted by molar-refractivity contribution is -0.136. The van der Waals surface area contributed by atoms with Crippen LogP contribution in [0, 0.1) is 0 Å². The van der Waals surface area contributed by atoms with Gasteiger partial charge in [0.05, 0.1) is 18.9 Å². The maximum Gasteiger partial charge on any atom is 0.321 e. The van der Waals surface area contributed by atoms with Crippen LogP contribution >= 0.6 is 11.8 Å². The Balaban J connectivity index is 2.09. The normalized spacial score (nSPS) is 15.5. The molecule has 0 fully saturated rings. The van der Waals surface area contributed by atoms with Gasteiger partial charge >= 0.3 is 5.97 Å². The molecule has 6 heteroatoms. The molecule has 1 atom stereocenters. The van der Waals surface area contributed by atoms with Gasteiger partial charge in [0.15, 0.2) is 0 Å². The summed E-state index contributed by atoms with van der Waals surface area (Å²) in [6, 6.07) is 13.6. The molecule has 3 aromatic rings. The summed E-state index contributed by atoms with van der Waals surface area (Å²) in [5.41, 5.74) is 3.58. The zero-order valence-electron chi connectivity index (χ0n) is 14.3. The molecule has 1 aromatic heterocycles. The van der Waals surface area contributed by atoms with Crippen LogP contribution in [0.25, 0.3) is 22.2 Å². The maximum atomic E-state index is 12.0. The van der Waals surface area contributed by atoms with Crippen molar-refractivity contribution in [2.24, 2.45) is 0 Å². The molecule has 1 unspecified atom stereocenters. The minimum Gasteiger partial charge on any atom is -0.494 e. The van der Waals surface area contributed by atoms with Crippen LogP contribution in [0.5, 0.6) is 5.75 Å². The summed E-state index contributed by atoms with van der Waals surface area (Å²) in [7, 11) is 0. The third-order valence-corrected chi connectivity index (χ3v) is 5.87. The van der Waals surface area contributed by atoms with Crippen molar-refractivity contribution in [2.75, 3.05) is 13.2 Å². The van der Waals surface area contributed by atoms with Gasteiger partial charge < -0.3 is 19.5 Å². The second kappa shape index (κ2) is 6.70. The molecule has 4 rings (SSSR count). The zero-order valence-corrected chi connectivity index (χ0v) is 15.1. The van der Waals surface area contributed by atoms with Gasteiger partial charge in [0.25, 0.3) is 0 Å². The number of hydrogen-bond donors (Lipinski definition) is 2. The number of fused-ring (bicyclic) bond motifs is 5. The summed E-state index contributed by atoms with van der Waals surface area (Å²) in [6.45, 7) is 2.86. The first-order chi connectivity index (χ1) is 12.7. The molecule has 2 heterocycles. The topological polar surface area (TPSA) is 71.7 Å². The summed E-state index contributed by atoms with van der Waals surface area (Å²) >= 11 is 1.36. The Kier molecular flexibility index (Phi) is 4.38. The number of ether oxygens (including phenoxy) is 1. The monoisotopic (exact) mass is 369 g/mol. The fraction of sp³-hybridized carbons (Fsp3) is 0.250. The molecule has 134 valence electrons. The highest BCUT2D eigenvalue weighted by atomic mass is 32.2. The first-order valence-corrected chi connectivity index (χ1v) is 9.42. The molecule has 2 N–H and O–H groups in total. The number of carbonyl (C=O) groups is 1. The highest BCUT2D eigenvalue weighted by molar-refractivity contribution is 8.00. The predicted octanol–water partition coefficient (Wildman–Crippen LogP) is 3.93. The summed E-state index contributed by atoms with van der Waals surface area (Å²) in [5.74, 6) is -0.146. The van der Waals surface area contributed by atoms with Gasteiger partial charge in [0, 0.05) is 33.5 Å². The first-order valence-electron chi connectivity index (χ1n) is 8.54. The Morgan fingerprint density at radius 3 is 2.81 bits per heavy atom. The van der Waals surface area contributed by atoms with Crippen molar-refractivity contribution in [3.63, 3.8) is 0 Å². The van der Waals surface area contributed by atoms with Crippen molar-refractivity contribution in [1.29, 1.82) is 0 Å². The van der Waals surface area contributed by atoms with Crippen LogP contribution in [-0.2, 0) is 11.3 Å². The summed E-state index contributed by atoms with van der Waals surface area (Å²) in [4.78, 5) is 13.0. The number of carboxylic acids is 1. The Morgan fingerprint density at radius 2 is 2.08 bits per heavy atom. The average molecular weight is 369 g/mol. The van der Waals surface area contributed by atoms with Gasteiger partial charge in [-0.2, -0.15) is 0 Å². The van der Waals surface area contributed by atoms with Crippen LogP contribution in [-0.4, -0.2) is 34.0 Å². The molecule has 0 saturated carbocycles. The fourth-order valence-corrected chi connectivity index (χ4v) is 4.79. The quantitative estimate of drug-likeness (QED) is 0.713. The number of aromatic nitrogens is 1. The van der Waals surface area contributed by atoms with Gasteiger partial charge in [-0.15, -0.1) is 11.8 Å². The Labute approximate surface area is 155 Å². The molecule has 2 aromatic carbocycles. The van der Waals surface area contributed by atoms with Crippen LogP contribution in [0.1, 0.15) is 17.7 Å². The van der Waals surface area contributed by atoms with Crippen molar-refractivity contribution in [1.82, 2.24) is 4.57 Å². The number of rotatable bonds is 5. The number of nitrogens with zero attached hydrogens (tertiary/aromatic N) is 1. The molecule has 0 spiro atoms. The van der Waals surface area contributed by atoms with E-state index in [1.807, 2.05) is 54.0 Å². The third kappa shape index (κ3) is 2.57. The predicted molar refractivity (Wildman–Crippen MR) is 102 cm³/mol. The Bertz CT molecular complexity index is 995. The highest BCUT2D eigenvalue weighted by Gasteiger charge is 2.35. The first kappa shape index (κ1) is 17.0. The van der Waals surface area contributed by atoms with E-state index in [1.165, 1.54) is 11.8 Å². The van der Waals surface area contributed by atoms with Gasteiger partial charge in [0.1, 0.15) is 11.0 Å². The van der Waals surface area contributed by atoms with E-state index in [2.05, 4.69) is 0 Å². The van der Waals surface area contributed by atoms with E-state index in [4.69, 9.17) is 4.74 Å². The molecule has 0 aliphatic carbocycles. The number of aliphatic hydroxyl groups excluding tert-OH is 1. The molecule has 0 bridgehead atoms. The van der Waals surface area contributed by atoms with Crippen LogP contribution in [0.15, 0.2) is 47.4 Å². The molecule has 0 saturated heterocycles. The van der Waals surface area contributed by atoms with Gasteiger partial charge in [0.2, 0.25) is 0 Å². The van der Waals surface area contributed by atoms with Crippen LogP contribution in [0.2, 0.25) is 0 Å². The standard InChI is InChI=1S/C20H19NO4S/c1-2-25-12-7-8-15-14(11-12)17-18(21(15)9-10-22)13-5-3-4-6-16(13)26-19(17)20(23)24/h3-8,11,19,22H,2,9-10H2,1H3,(H,23,24). The van der Waals surface area contributed by atoms with Crippen LogP contribution in [0.4, 0.5) is 0 Å². The van der Waals surface area contributed by atoms with E-state index in [-0.39, 0.29) is 6.61 Å². The smallest absolute Gasteiger partial charge is 0.321 e. The maximum absolute atomic E-state index is 12.0. The van der Waals surface area contributed by atoms with Gasteiger partial charge in [-0.3, -0.25) is 4.79 Å². The number of hydrogen-bond acceptors (Lipinski definition) is 4. The lowest BCUT2D eigenvalue weighted by Crippen LogP contribution is -2.14. The van der Waals surface area contributed by atoms with E-state index < -0.39 is 11.2 Å². The van der Waals surface area contributed by atoms with Crippen molar-refractivity contribution in [3.8, 4) is 17.0 Å². The lowest BCUT2D eigenvalue weighted by Gasteiger charge is -2.24. The van der Waals surface area contributed by atoms with E-state index >= 15 is 0 Å². The number of aliphatic carboxylic acids is 1. The van der Waals surface area contributed by atoms with Crippen molar-refractivity contribution < 1.29 is 19.7 Å². The van der Waals surface area contributed by atoms with Crippen molar-refractivity contribution in [3.05, 3.63) is 48.0 Å². The van der Waals surface area contributed by atoms with Crippen LogP contribution in [0.3, 0.4) is 0 Å². The average Bonchev–Trinajstić information content (AvgIpc) is 2.96. The molecule has 1 aliphatic rings. The molecule has 26 heavy (non-hydrogen) atoms. The summed E-state index contributed by atoms with van der Waals surface area (Å²) in [5, 5.41) is 19.6. The number of carboxylic acid groups (broad SMARTS) is 1. The van der Waals surface area contributed by atoms with Gasteiger partial charge in [-0.25, -0.2) is 0 Å². The number of benzene rings is 2. The van der Waals surface area contributed by atoms with E-state index in [9.17, 15) is 15.0 Å². The number of thioether (sulfide) groups is 1. The van der Waals surface area contributed by atoms with Gasteiger partial charge in [-0.1, -0.05) is 18.2 Å². The second-order valence-corrected chi connectivity index (χ2v) is 7.23. The zero-order chi connectivity index (χ0) is 18.3. The molecule has 0 amide bonds. The minimum atomic E-state index is -0.865. The molecular formula is C20H19NO4S. The number of aliphatic hydroxyl groups is 1.